The van der Waals surface area contributed by atoms with Crippen LogP contribution in [0.15, 0.2) is 16.9 Å². The molecule has 0 unspecified atom stereocenters. The number of aromatic amines is 1. The first kappa shape index (κ1) is 19.3. The Kier molecular flexibility index (Phi) is 9.84. The van der Waals surface area contributed by atoms with Gasteiger partial charge < -0.3 is 9.84 Å². The van der Waals surface area contributed by atoms with Crippen LogP contribution < -0.4 is 10.3 Å². The Morgan fingerprint density at radius 3 is 2.13 bits per heavy atom. The molecule has 0 aliphatic heterocycles. The molecule has 5 heteroatoms. The molecule has 0 aliphatic carbocycles. The highest BCUT2D eigenvalue weighted by atomic mass is 16.5. The van der Waals surface area contributed by atoms with Gasteiger partial charge in [-0.15, -0.1) is 0 Å². The maximum Gasteiger partial charge on any atom is 0.336 e. The largest absolute Gasteiger partial charge is 0.479 e. The molecule has 0 atom stereocenters. The summed E-state index contributed by atoms with van der Waals surface area (Å²) in [5, 5.41) is 8.89. The van der Waals surface area contributed by atoms with Crippen molar-refractivity contribution in [1.29, 1.82) is 0 Å². The van der Waals surface area contributed by atoms with Crippen LogP contribution in [0.25, 0.3) is 0 Å². The first-order valence-electron chi connectivity index (χ1n) is 8.74. The van der Waals surface area contributed by atoms with Gasteiger partial charge in [0.1, 0.15) is 0 Å². The van der Waals surface area contributed by atoms with Crippen molar-refractivity contribution in [2.45, 2.75) is 71.1 Å². The molecule has 0 bridgehead atoms. The molecule has 130 valence electrons. The van der Waals surface area contributed by atoms with Gasteiger partial charge in [-0.05, 0) is 6.42 Å². The summed E-state index contributed by atoms with van der Waals surface area (Å²) in [6.07, 6.45) is 12.5. The molecule has 0 aliphatic rings. The fraction of sp³-hybridized carbons (Fsp3) is 0.667. The van der Waals surface area contributed by atoms with Crippen molar-refractivity contribution in [3.63, 3.8) is 0 Å². The van der Waals surface area contributed by atoms with Gasteiger partial charge in [-0.2, -0.15) is 0 Å². The summed E-state index contributed by atoms with van der Waals surface area (Å²) in [6, 6.07) is 2.40. The lowest BCUT2D eigenvalue weighted by Crippen LogP contribution is -2.12. The number of aromatic carboxylic acids is 1. The molecular formula is C18H29NO4. The van der Waals surface area contributed by atoms with E-state index in [0.717, 1.165) is 18.9 Å². The second-order valence-corrected chi connectivity index (χ2v) is 5.93. The van der Waals surface area contributed by atoms with Crippen LogP contribution in [0.2, 0.25) is 0 Å². The number of rotatable bonds is 13. The number of carboxylic acid groups (broad SMARTS) is 1. The molecule has 23 heavy (non-hydrogen) atoms. The van der Waals surface area contributed by atoms with Crippen LogP contribution in [0.4, 0.5) is 0 Å². The van der Waals surface area contributed by atoms with E-state index in [2.05, 4.69) is 11.9 Å². The molecule has 0 amide bonds. The maximum atomic E-state index is 11.3. The average Bonchev–Trinajstić information content (AvgIpc) is 2.52. The smallest absolute Gasteiger partial charge is 0.336 e. The number of pyridine rings is 1. The lowest BCUT2D eigenvalue weighted by atomic mass is 10.1. The van der Waals surface area contributed by atoms with Crippen molar-refractivity contribution in [3.8, 4) is 5.88 Å². The molecule has 0 spiro atoms. The number of nitrogens with one attached hydrogen (secondary N) is 1. The lowest BCUT2D eigenvalue weighted by Gasteiger charge is -2.06. The average molecular weight is 323 g/mol. The fourth-order valence-corrected chi connectivity index (χ4v) is 2.49. The van der Waals surface area contributed by atoms with Crippen LogP contribution in [0.3, 0.4) is 0 Å². The summed E-state index contributed by atoms with van der Waals surface area (Å²) in [5.74, 6) is -0.897. The Balaban J connectivity index is 2.07. The topological polar surface area (TPSA) is 79.4 Å². The summed E-state index contributed by atoms with van der Waals surface area (Å²) in [6.45, 7) is 2.73. The first-order valence-corrected chi connectivity index (χ1v) is 8.74. The highest BCUT2D eigenvalue weighted by Gasteiger charge is 2.06. The van der Waals surface area contributed by atoms with Gasteiger partial charge in [0.15, 0.2) is 5.88 Å². The van der Waals surface area contributed by atoms with Crippen molar-refractivity contribution < 1.29 is 14.6 Å². The summed E-state index contributed by atoms with van der Waals surface area (Å²) >= 11 is 0. The number of aromatic nitrogens is 1. The van der Waals surface area contributed by atoms with Gasteiger partial charge in [0.05, 0.1) is 12.2 Å². The number of H-pyrrole nitrogens is 1. The molecule has 0 radical (unpaired) electrons. The highest BCUT2D eigenvalue weighted by molar-refractivity contribution is 5.87. The predicted molar refractivity (Wildman–Crippen MR) is 91.4 cm³/mol. The third-order valence-corrected chi connectivity index (χ3v) is 3.82. The monoisotopic (exact) mass is 323 g/mol. The van der Waals surface area contributed by atoms with E-state index in [1.807, 2.05) is 0 Å². The van der Waals surface area contributed by atoms with Crippen LogP contribution in [-0.4, -0.2) is 22.7 Å². The fourth-order valence-electron chi connectivity index (χ4n) is 2.49. The molecule has 5 nitrogen and oxygen atoms in total. The van der Waals surface area contributed by atoms with Crippen molar-refractivity contribution in [3.05, 3.63) is 28.0 Å². The van der Waals surface area contributed by atoms with Gasteiger partial charge in [-0.3, -0.25) is 9.78 Å². The number of hydrogen-bond donors (Lipinski definition) is 2. The molecular weight excluding hydrogens is 294 g/mol. The Hall–Kier alpha value is -1.78. The highest BCUT2D eigenvalue weighted by Crippen LogP contribution is 2.11. The Morgan fingerprint density at radius 1 is 1.00 bits per heavy atom. The molecule has 2 N–H and O–H groups in total. The molecule has 0 saturated heterocycles. The zero-order chi connectivity index (χ0) is 16.9. The third-order valence-electron chi connectivity index (χ3n) is 3.82. The van der Waals surface area contributed by atoms with Crippen molar-refractivity contribution in [1.82, 2.24) is 4.98 Å². The van der Waals surface area contributed by atoms with Gasteiger partial charge in [-0.25, -0.2) is 4.79 Å². The van der Waals surface area contributed by atoms with Crippen LogP contribution in [-0.2, 0) is 0 Å². The maximum absolute atomic E-state index is 11.3. The van der Waals surface area contributed by atoms with Gasteiger partial charge >= 0.3 is 5.97 Å². The summed E-state index contributed by atoms with van der Waals surface area (Å²) < 4.78 is 5.43. The molecule has 1 aromatic rings. The van der Waals surface area contributed by atoms with Gasteiger partial charge in [0.2, 0.25) is 0 Å². The molecule has 0 saturated carbocycles. The van der Waals surface area contributed by atoms with E-state index in [1.54, 1.807) is 0 Å². The van der Waals surface area contributed by atoms with Gasteiger partial charge in [0.25, 0.3) is 5.56 Å². The van der Waals surface area contributed by atoms with Crippen molar-refractivity contribution >= 4 is 5.97 Å². The van der Waals surface area contributed by atoms with Gasteiger partial charge in [0, 0.05) is 12.1 Å². The minimum absolute atomic E-state index is 0.0492. The Labute approximate surface area is 138 Å². The zero-order valence-corrected chi connectivity index (χ0v) is 14.1. The van der Waals surface area contributed by atoms with Crippen LogP contribution in [0, 0.1) is 0 Å². The van der Waals surface area contributed by atoms with Gasteiger partial charge in [-0.1, -0.05) is 64.7 Å². The number of carbonyl (C=O) groups is 1. The minimum Gasteiger partial charge on any atom is -0.479 e. The van der Waals surface area contributed by atoms with E-state index in [9.17, 15) is 9.59 Å². The zero-order valence-electron chi connectivity index (χ0n) is 14.1. The molecule has 1 rings (SSSR count). The number of unbranched alkanes of at least 4 members (excludes halogenated alkanes) is 9. The van der Waals surface area contributed by atoms with E-state index >= 15 is 0 Å². The van der Waals surface area contributed by atoms with Crippen molar-refractivity contribution in [2.75, 3.05) is 6.61 Å². The number of hydrogen-bond acceptors (Lipinski definition) is 3. The normalized spacial score (nSPS) is 10.7. The quantitative estimate of drug-likeness (QED) is 0.528. The lowest BCUT2D eigenvalue weighted by molar-refractivity contribution is 0.0696. The predicted octanol–water partition coefficient (Wildman–Crippen LogP) is 4.37. The van der Waals surface area contributed by atoms with E-state index in [4.69, 9.17) is 9.84 Å². The SMILES string of the molecule is CCCCCCCCCCCCOc1cc(C(=O)O)cc(=O)[nH]1. The molecule has 0 aromatic carbocycles. The van der Waals surface area contributed by atoms with Crippen LogP contribution in [0.1, 0.15) is 81.5 Å². The van der Waals surface area contributed by atoms with E-state index in [-0.39, 0.29) is 11.4 Å². The Bertz CT molecular complexity index is 510. The third kappa shape index (κ3) is 9.06. The number of ether oxygens (including phenoxy) is 1. The van der Waals surface area contributed by atoms with Crippen molar-refractivity contribution in [2.24, 2.45) is 0 Å². The van der Waals surface area contributed by atoms with E-state index < -0.39 is 11.5 Å². The first-order chi connectivity index (χ1) is 11.1. The Morgan fingerprint density at radius 2 is 1.57 bits per heavy atom. The second kappa shape index (κ2) is 11.7. The van der Waals surface area contributed by atoms with Crippen LogP contribution in [0.5, 0.6) is 5.88 Å². The molecule has 0 fully saturated rings. The second-order valence-electron chi connectivity index (χ2n) is 5.93. The van der Waals surface area contributed by atoms with E-state index in [0.29, 0.717) is 6.61 Å². The summed E-state index contributed by atoms with van der Waals surface area (Å²) in [5.41, 5.74) is -0.505. The summed E-state index contributed by atoms with van der Waals surface area (Å²) in [4.78, 5) is 24.7. The number of carboxylic acids is 1. The minimum atomic E-state index is -1.13. The van der Waals surface area contributed by atoms with E-state index in [1.165, 1.54) is 57.4 Å². The summed E-state index contributed by atoms with van der Waals surface area (Å²) in [7, 11) is 0. The standard InChI is InChI=1S/C18H29NO4/c1-2-3-4-5-6-7-8-9-10-11-12-23-17-14-15(18(21)22)13-16(20)19-17/h13-14H,2-12H2,1H3,(H,19,20)(H,21,22). The molecule has 1 aromatic heterocycles. The van der Waals surface area contributed by atoms with Crippen LogP contribution >= 0.6 is 0 Å². The molecule has 1 heterocycles.